The van der Waals surface area contributed by atoms with E-state index in [1.165, 1.54) is 53.4 Å². The van der Waals surface area contributed by atoms with Crippen LogP contribution in [-0.4, -0.2) is 19.1 Å². The van der Waals surface area contributed by atoms with Gasteiger partial charge in [0.05, 0.1) is 38.0 Å². The highest BCUT2D eigenvalue weighted by atomic mass is 32.1. The Morgan fingerprint density at radius 1 is 0.449 bits per heavy atom. The number of aromatic nitrogens is 4. The van der Waals surface area contributed by atoms with Gasteiger partial charge in [-0.1, -0.05) is 109 Å². The Morgan fingerprint density at radius 3 is 1.78 bits per heavy atom. The Balaban J connectivity index is 1.27. The molecule has 0 aliphatic heterocycles. The average Bonchev–Trinajstić information content (AvgIpc) is 3.82. The van der Waals surface area contributed by atoms with Crippen LogP contribution in [0.15, 0.2) is 158 Å². The van der Waals surface area contributed by atoms with E-state index >= 15 is 0 Å². The average molecular weight is 643 g/mol. The Kier molecular flexibility index (Phi) is 5.51. The van der Waals surface area contributed by atoms with Gasteiger partial charge < -0.3 is 4.57 Å². The van der Waals surface area contributed by atoms with E-state index in [2.05, 4.69) is 167 Å². The van der Waals surface area contributed by atoms with E-state index in [0.717, 1.165) is 38.2 Å². The van der Waals surface area contributed by atoms with Gasteiger partial charge in [-0.3, -0.25) is 4.57 Å². The molecular formula is C44H26N4S. The lowest BCUT2D eigenvalue weighted by molar-refractivity contribution is 1.02. The summed E-state index contributed by atoms with van der Waals surface area (Å²) in [5.74, 6) is 0.680. The molecule has 4 aromatic heterocycles. The summed E-state index contributed by atoms with van der Waals surface area (Å²) in [4.78, 5) is 11.0. The van der Waals surface area contributed by atoms with Crippen molar-refractivity contribution < 1.29 is 0 Å². The standard InChI is InChI=1S/C44H26N4S/c1-2-13-29(14-3-1)47-35-19-9-8-18-33(35)34-26-28(22-24-38(34)47)41-43-42(40-30-15-5-4-12-27(30)23-25-39(40)49-43)46-44(45-41)48-36-20-10-6-16-31(36)32-17-7-11-21-37(32)48/h1-26H. The maximum absolute atomic E-state index is 5.50. The smallest absolute Gasteiger partial charge is 0.235 e. The molecular weight excluding hydrogens is 617 g/mol. The van der Waals surface area contributed by atoms with Gasteiger partial charge in [-0.05, 0) is 59.3 Å². The Morgan fingerprint density at radius 2 is 1.04 bits per heavy atom. The molecule has 7 aromatic carbocycles. The molecule has 0 aliphatic carbocycles. The predicted octanol–water partition coefficient (Wildman–Crippen LogP) is 11.9. The summed E-state index contributed by atoms with van der Waals surface area (Å²) in [6.45, 7) is 0. The minimum Gasteiger partial charge on any atom is -0.309 e. The minimum absolute atomic E-state index is 0.680. The maximum atomic E-state index is 5.50. The number of fused-ring (bicyclic) bond motifs is 11. The van der Waals surface area contributed by atoms with Crippen molar-refractivity contribution in [3.63, 3.8) is 0 Å². The number of benzene rings is 7. The predicted molar refractivity (Wildman–Crippen MR) is 207 cm³/mol. The van der Waals surface area contributed by atoms with Crippen LogP contribution in [0.4, 0.5) is 0 Å². The molecule has 4 nitrogen and oxygen atoms in total. The normalized spacial score (nSPS) is 12.1. The van der Waals surface area contributed by atoms with Crippen molar-refractivity contribution in [2.75, 3.05) is 0 Å². The fourth-order valence-corrected chi connectivity index (χ4v) is 8.97. The molecule has 49 heavy (non-hydrogen) atoms. The molecule has 11 aromatic rings. The topological polar surface area (TPSA) is 35.6 Å². The maximum Gasteiger partial charge on any atom is 0.235 e. The summed E-state index contributed by atoms with van der Waals surface area (Å²) in [5, 5.41) is 8.42. The molecule has 0 radical (unpaired) electrons. The molecule has 0 N–H and O–H groups in total. The lowest BCUT2D eigenvalue weighted by Crippen LogP contribution is -2.02. The Labute approximate surface area is 284 Å². The monoisotopic (exact) mass is 642 g/mol. The first kappa shape index (κ1) is 26.7. The molecule has 0 bridgehead atoms. The van der Waals surface area contributed by atoms with Crippen LogP contribution in [0.1, 0.15) is 0 Å². The molecule has 0 saturated heterocycles. The van der Waals surface area contributed by atoms with E-state index in [1.54, 1.807) is 11.3 Å². The van der Waals surface area contributed by atoms with Gasteiger partial charge in [-0.15, -0.1) is 11.3 Å². The van der Waals surface area contributed by atoms with E-state index in [9.17, 15) is 0 Å². The summed E-state index contributed by atoms with van der Waals surface area (Å²) in [6.07, 6.45) is 0. The van der Waals surface area contributed by atoms with Gasteiger partial charge in [0.2, 0.25) is 5.95 Å². The quantitative estimate of drug-likeness (QED) is 0.192. The zero-order chi connectivity index (χ0) is 32.1. The molecule has 228 valence electrons. The number of hydrogen-bond acceptors (Lipinski definition) is 3. The van der Waals surface area contributed by atoms with Gasteiger partial charge in [-0.2, -0.15) is 0 Å². The fourth-order valence-electron chi connectivity index (χ4n) is 7.80. The first-order valence-corrected chi connectivity index (χ1v) is 17.3. The second-order valence-electron chi connectivity index (χ2n) is 12.6. The second-order valence-corrected chi connectivity index (χ2v) is 13.7. The van der Waals surface area contributed by atoms with Crippen molar-refractivity contribution in [3.8, 4) is 22.9 Å². The molecule has 0 unspecified atom stereocenters. The number of hydrogen-bond donors (Lipinski definition) is 0. The van der Waals surface area contributed by atoms with Gasteiger partial charge in [0, 0.05) is 42.9 Å². The van der Waals surface area contributed by atoms with Crippen LogP contribution in [0.25, 0.3) is 97.6 Å². The highest BCUT2D eigenvalue weighted by molar-refractivity contribution is 7.26. The lowest BCUT2D eigenvalue weighted by atomic mass is 10.0. The number of para-hydroxylation sites is 4. The van der Waals surface area contributed by atoms with Crippen LogP contribution in [0.5, 0.6) is 0 Å². The van der Waals surface area contributed by atoms with Crippen molar-refractivity contribution >= 4 is 86.0 Å². The molecule has 4 heterocycles. The molecule has 0 aliphatic rings. The Hall–Kier alpha value is -6.30. The van der Waals surface area contributed by atoms with Crippen molar-refractivity contribution in [2.45, 2.75) is 0 Å². The van der Waals surface area contributed by atoms with Crippen LogP contribution >= 0.6 is 11.3 Å². The molecule has 0 atom stereocenters. The van der Waals surface area contributed by atoms with E-state index < -0.39 is 0 Å². The van der Waals surface area contributed by atoms with E-state index in [0.29, 0.717) is 5.95 Å². The summed E-state index contributed by atoms with van der Waals surface area (Å²) in [7, 11) is 0. The third-order valence-corrected chi connectivity index (χ3v) is 11.1. The lowest BCUT2D eigenvalue weighted by Gasteiger charge is -2.11. The van der Waals surface area contributed by atoms with Crippen LogP contribution in [0, 0.1) is 0 Å². The molecule has 0 amide bonds. The van der Waals surface area contributed by atoms with Gasteiger partial charge in [0.1, 0.15) is 0 Å². The molecule has 11 rings (SSSR count). The third-order valence-electron chi connectivity index (χ3n) is 9.93. The van der Waals surface area contributed by atoms with Gasteiger partial charge in [0.25, 0.3) is 0 Å². The van der Waals surface area contributed by atoms with E-state index in [-0.39, 0.29) is 0 Å². The molecule has 0 spiro atoms. The largest absolute Gasteiger partial charge is 0.309 e. The van der Waals surface area contributed by atoms with E-state index in [1.807, 2.05) is 0 Å². The first-order chi connectivity index (χ1) is 24.3. The van der Waals surface area contributed by atoms with Gasteiger partial charge in [-0.25, -0.2) is 9.97 Å². The SMILES string of the molecule is c1ccc(-n2c3ccccc3c3cc(-c4nc(-n5c6ccccc6c6ccccc65)nc5c4sc4ccc6ccccc6c45)ccc32)cc1. The summed E-state index contributed by atoms with van der Waals surface area (Å²) in [5.41, 5.74) is 8.72. The highest BCUT2D eigenvalue weighted by Gasteiger charge is 2.22. The van der Waals surface area contributed by atoms with Crippen LogP contribution < -0.4 is 0 Å². The van der Waals surface area contributed by atoms with Crippen molar-refractivity contribution in [2.24, 2.45) is 0 Å². The van der Waals surface area contributed by atoms with Crippen molar-refractivity contribution in [1.82, 2.24) is 19.1 Å². The van der Waals surface area contributed by atoms with Crippen LogP contribution in [0.3, 0.4) is 0 Å². The fraction of sp³-hybridized carbons (Fsp3) is 0. The highest BCUT2D eigenvalue weighted by Crippen LogP contribution is 2.44. The van der Waals surface area contributed by atoms with Crippen molar-refractivity contribution in [1.29, 1.82) is 0 Å². The number of nitrogens with zero attached hydrogens (tertiary/aromatic N) is 4. The molecule has 0 saturated carbocycles. The molecule has 0 fully saturated rings. The zero-order valence-corrected chi connectivity index (χ0v) is 27.0. The second kappa shape index (κ2) is 10.1. The summed E-state index contributed by atoms with van der Waals surface area (Å²) in [6, 6.07) is 56.4. The third kappa shape index (κ3) is 3.79. The van der Waals surface area contributed by atoms with Gasteiger partial charge in [0.15, 0.2) is 0 Å². The minimum atomic E-state index is 0.680. The van der Waals surface area contributed by atoms with Crippen LogP contribution in [0.2, 0.25) is 0 Å². The van der Waals surface area contributed by atoms with Crippen LogP contribution in [-0.2, 0) is 0 Å². The number of rotatable bonds is 3. The zero-order valence-electron chi connectivity index (χ0n) is 26.2. The number of thiophene rings is 1. The van der Waals surface area contributed by atoms with Gasteiger partial charge >= 0.3 is 0 Å². The Bertz CT molecular complexity index is 3060. The first-order valence-electron chi connectivity index (χ1n) is 16.5. The summed E-state index contributed by atoms with van der Waals surface area (Å²) < 4.78 is 6.91. The van der Waals surface area contributed by atoms with Crippen molar-refractivity contribution in [3.05, 3.63) is 158 Å². The molecule has 5 heteroatoms. The summed E-state index contributed by atoms with van der Waals surface area (Å²) >= 11 is 1.78. The van der Waals surface area contributed by atoms with E-state index in [4.69, 9.17) is 9.97 Å².